The number of carboxylic acids is 2. The van der Waals surface area contributed by atoms with Gasteiger partial charge >= 0.3 is 21.2 Å². The van der Waals surface area contributed by atoms with Gasteiger partial charge in [-0.15, -0.1) is 0 Å². The number of aliphatic carboxylic acids is 2. The topological polar surface area (TPSA) is 96.3 Å². The summed E-state index contributed by atoms with van der Waals surface area (Å²) in [7, 11) is 3.10. The SMILES string of the molecule is CO[SiH](OC)C(C)CCN(C)[C@@H](CC(=O)O)C(=O)O. The third kappa shape index (κ3) is 6.67. The third-order valence-electron chi connectivity index (χ3n) is 3.05. The van der Waals surface area contributed by atoms with Crippen molar-refractivity contribution < 1.29 is 28.7 Å². The molecule has 2 N–H and O–H groups in total. The second kappa shape index (κ2) is 9.02. The van der Waals surface area contributed by atoms with Crippen molar-refractivity contribution in [2.24, 2.45) is 0 Å². The molecule has 0 heterocycles. The molecule has 0 aliphatic carbocycles. The number of nitrogens with zero attached hydrogens (tertiary/aromatic N) is 1. The monoisotopic (exact) mass is 293 g/mol. The van der Waals surface area contributed by atoms with Gasteiger partial charge in [0.25, 0.3) is 0 Å². The molecule has 0 fully saturated rings. The first-order valence-electron chi connectivity index (χ1n) is 6.03. The molecule has 0 spiro atoms. The summed E-state index contributed by atoms with van der Waals surface area (Å²) in [5, 5.41) is 17.7. The second-order valence-electron chi connectivity index (χ2n) is 4.54. The van der Waals surface area contributed by atoms with Gasteiger partial charge < -0.3 is 19.1 Å². The highest BCUT2D eigenvalue weighted by atomic mass is 28.3. The zero-order valence-electron chi connectivity index (χ0n) is 11.8. The number of hydrogen-bond donors (Lipinski definition) is 2. The Kier molecular flexibility index (Phi) is 8.57. The van der Waals surface area contributed by atoms with Gasteiger partial charge in [-0.3, -0.25) is 14.5 Å². The van der Waals surface area contributed by atoms with E-state index in [1.165, 1.54) is 0 Å². The molecule has 0 aromatic heterocycles. The highest BCUT2D eigenvalue weighted by molar-refractivity contribution is 6.46. The van der Waals surface area contributed by atoms with Crippen LogP contribution in [0.4, 0.5) is 0 Å². The highest BCUT2D eigenvalue weighted by Crippen LogP contribution is 2.17. The zero-order chi connectivity index (χ0) is 15.0. The maximum atomic E-state index is 11.0. The Bertz CT molecular complexity index is 297. The van der Waals surface area contributed by atoms with E-state index in [0.29, 0.717) is 13.0 Å². The Hall–Kier alpha value is -0.963. The Morgan fingerprint density at radius 2 is 1.79 bits per heavy atom. The van der Waals surface area contributed by atoms with Crippen molar-refractivity contribution in [3.05, 3.63) is 0 Å². The van der Waals surface area contributed by atoms with Gasteiger partial charge in [0, 0.05) is 14.2 Å². The molecule has 0 bridgehead atoms. The fourth-order valence-corrected chi connectivity index (χ4v) is 3.40. The van der Waals surface area contributed by atoms with Crippen molar-refractivity contribution in [3.63, 3.8) is 0 Å². The Labute approximate surface area is 115 Å². The van der Waals surface area contributed by atoms with E-state index in [-0.39, 0.29) is 5.54 Å². The minimum atomic E-state index is -1.72. The molecule has 2 atom stereocenters. The van der Waals surface area contributed by atoms with E-state index in [0.717, 1.165) is 0 Å². The van der Waals surface area contributed by atoms with E-state index >= 15 is 0 Å². The standard InChI is InChI=1S/C11H23NO6Si/c1-8(19(17-3)18-4)5-6-12(2)9(11(15)16)7-10(13)14/h8-9,19H,5-7H2,1-4H3,(H,13,14)(H,15,16)/t8?,9-/m0/s1. The Morgan fingerprint density at radius 3 is 2.16 bits per heavy atom. The van der Waals surface area contributed by atoms with Gasteiger partial charge in [0.2, 0.25) is 0 Å². The summed E-state index contributed by atoms with van der Waals surface area (Å²) >= 11 is 0. The largest absolute Gasteiger partial charge is 0.481 e. The average Bonchev–Trinajstić information content (AvgIpc) is 2.34. The summed E-state index contributed by atoms with van der Waals surface area (Å²) in [6.07, 6.45) is 0.300. The lowest BCUT2D eigenvalue weighted by Crippen LogP contribution is -2.41. The molecular formula is C11H23NO6Si. The van der Waals surface area contributed by atoms with Crippen LogP contribution in [0.25, 0.3) is 0 Å². The van der Waals surface area contributed by atoms with Crippen molar-refractivity contribution >= 4 is 21.2 Å². The molecular weight excluding hydrogens is 270 g/mol. The number of rotatable bonds is 10. The smallest absolute Gasteiger partial charge is 0.323 e. The van der Waals surface area contributed by atoms with E-state index in [1.807, 2.05) is 6.92 Å². The number of carboxylic acid groups (broad SMARTS) is 2. The normalized spacial score (nSPS) is 14.6. The predicted molar refractivity (Wildman–Crippen MR) is 71.5 cm³/mol. The molecule has 112 valence electrons. The molecule has 0 amide bonds. The van der Waals surface area contributed by atoms with Gasteiger partial charge in [0.15, 0.2) is 0 Å². The number of likely N-dealkylation sites (N-methyl/N-ethyl adjacent to an activating group) is 1. The molecule has 0 aliphatic heterocycles. The summed E-state index contributed by atoms with van der Waals surface area (Å²) in [4.78, 5) is 23.2. The van der Waals surface area contributed by atoms with Crippen LogP contribution in [-0.4, -0.2) is 70.2 Å². The van der Waals surface area contributed by atoms with Crippen LogP contribution in [0.2, 0.25) is 5.54 Å². The average molecular weight is 293 g/mol. The quantitative estimate of drug-likeness (QED) is 0.553. The van der Waals surface area contributed by atoms with Gasteiger partial charge in [0.1, 0.15) is 6.04 Å². The maximum absolute atomic E-state index is 11.0. The van der Waals surface area contributed by atoms with E-state index in [4.69, 9.17) is 19.1 Å². The van der Waals surface area contributed by atoms with Crippen molar-refractivity contribution in [2.45, 2.75) is 31.3 Å². The van der Waals surface area contributed by atoms with Crippen molar-refractivity contribution in [1.29, 1.82) is 0 Å². The summed E-state index contributed by atoms with van der Waals surface area (Å²) in [5.74, 6) is -2.24. The van der Waals surface area contributed by atoms with Crippen LogP contribution in [-0.2, 0) is 18.4 Å². The lowest BCUT2D eigenvalue weighted by molar-refractivity contribution is -0.149. The zero-order valence-corrected chi connectivity index (χ0v) is 13.0. The van der Waals surface area contributed by atoms with E-state index in [1.54, 1.807) is 26.2 Å². The van der Waals surface area contributed by atoms with Crippen LogP contribution in [0.1, 0.15) is 19.8 Å². The molecule has 0 rings (SSSR count). The summed E-state index contributed by atoms with van der Waals surface area (Å²) in [6, 6.07) is -1.00. The van der Waals surface area contributed by atoms with Crippen LogP contribution in [0.5, 0.6) is 0 Å². The van der Waals surface area contributed by atoms with Crippen molar-refractivity contribution in [2.75, 3.05) is 27.8 Å². The molecule has 1 unspecified atom stereocenters. The molecule has 0 saturated heterocycles. The highest BCUT2D eigenvalue weighted by Gasteiger charge is 2.27. The minimum absolute atomic E-state index is 0.219. The van der Waals surface area contributed by atoms with Crippen LogP contribution >= 0.6 is 0 Å². The van der Waals surface area contributed by atoms with Gasteiger partial charge in [-0.05, 0) is 25.6 Å². The molecule has 0 aliphatic rings. The lowest BCUT2D eigenvalue weighted by atomic mass is 10.1. The first kappa shape index (κ1) is 18.0. The van der Waals surface area contributed by atoms with E-state index < -0.39 is 33.7 Å². The summed E-state index contributed by atoms with van der Waals surface area (Å²) < 4.78 is 10.5. The van der Waals surface area contributed by atoms with Gasteiger partial charge in [-0.2, -0.15) is 0 Å². The van der Waals surface area contributed by atoms with Crippen LogP contribution < -0.4 is 0 Å². The predicted octanol–water partition coefficient (Wildman–Crippen LogP) is 0.140. The van der Waals surface area contributed by atoms with Crippen molar-refractivity contribution in [1.82, 2.24) is 4.90 Å². The molecule has 0 saturated carbocycles. The maximum Gasteiger partial charge on any atom is 0.323 e. The van der Waals surface area contributed by atoms with Gasteiger partial charge in [-0.25, -0.2) is 0 Å². The minimum Gasteiger partial charge on any atom is -0.481 e. The summed E-state index contributed by atoms with van der Waals surface area (Å²) in [6.45, 7) is 2.48. The Morgan fingerprint density at radius 1 is 1.26 bits per heavy atom. The molecule has 0 aromatic carbocycles. The first-order valence-corrected chi connectivity index (χ1v) is 7.64. The number of carbonyl (C=O) groups is 2. The van der Waals surface area contributed by atoms with E-state index in [9.17, 15) is 9.59 Å². The molecule has 0 aromatic rings. The fraction of sp³-hybridized carbons (Fsp3) is 0.818. The van der Waals surface area contributed by atoms with Crippen LogP contribution in [0.15, 0.2) is 0 Å². The van der Waals surface area contributed by atoms with Gasteiger partial charge in [-0.1, -0.05) is 6.92 Å². The summed E-state index contributed by atoms with van der Waals surface area (Å²) in [5.41, 5.74) is 0.219. The fourth-order valence-electron chi connectivity index (χ4n) is 1.86. The number of hydrogen-bond acceptors (Lipinski definition) is 5. The molecule has 7 nitrogen and oxygen atoms in total. The first-order chi connectivity index (χ1) is 8.83. The van der Waals surface area contributed by atoms with Crippen molar-refractivity contribution in [3.8, 4) is 0 Å². The lowest BCUT2D eigenvalue weighted by Gasteiger charge is -2.26. The molecule has 19 heavy (non-hydrogen) atoms. The van der Waals surface area contributed by atoms with Gasteiger partial charge in [0.05, 0.1) is 6.42 Å². The van der Waals surface area contributed by atoms with E-state index in [2.05, 4.69) is 0 Å². The Balaban J connectivity index is 4.36. The molecule has 0 radical (unpaired) electrons. The van der Waals surface area contributed by atoms with Crippen LogP contribution in [0, 0.1) is 0 Å². The second-order valence-corrected chi connectivity index (χ2v) is 7.36. The third-order valence-corrected chi connectivity index (χ3v) is 5.24. The molecule has 8 heteroatoms. The van der Waals surface area contributed by atoms with Crippen LogP contribution in [0.3, 0.4) is 0 Å².